The number of aryl methyl sites for hydroxylation is 2. The quantitative estimate of drug-likeness (QED) is 0.580. The van der Waals surface area contributed by atoms with Crippen LogP contribution in [0, 0.1) is 0 Å². The minimum absolute atomic E-state index is 0.0350. The minimum atomic E-state index is -0.442. The predicted molar refractivity (Wildman–Crippen MR) is 112 cm³/mol. The van der Waals surface area contributed by atoms with E-state index in [1.807, 2.05) is 31.2 Å². The van der Waals surface area contributed by atoms with E-state index in [4.69, 9.17) is 4.74 Å². The molecule has 1 atom stereocenters. The van der Waals surface area contributed by atoms with E-state index >= 15 is 0 Å². The van der Waals surface area contributed by atoms with Gasteiger partial charge in [-0.25, -0.2) is 0 Å². The van der Waals surface area contributed by atoms with E-state index < -0.39 is 6.10 Å². The Balaban J connectivity index is 1.75. The van der Waals surface area contributed by atoms with Crippen molar-refractivity contribution in [1.29, 1.82) is 0 Å². The van der Waals surface area contributed by atoms with Gasteiger partial charge >= 0.3 is 0 Å². The molecule has 0 aliphatic rings. The summed E-state index contributed by atoms with van der Waals surface area (Å²) in [6.07, 6.45) is 3.10. The molecule has 3 heteroatoms. The number of carbonyl (C=O) groups excluding carboxylic acids is 1. The van der Waals surface area contributed by atoms with Crippen molar-refractivity contribution in [2.75, 3.05) is 6.54 Å². The molecule has 0 spiro atoms. The fourth-order valence-electron chi connectivity index (χ4n) is 2.98. The van der Waals surface area contributed by atoms with E-state index in [0.717, 1.165) is 25.0 Å². The highest BCUT2D eigenvalue weighted by molar-refractivity contribution is 5.81. The predicted octanol–water partition coefficient (Wildman–Crippen LogP) is 5.28. The summed E-state index contributed by atoms with van der Waals surface area (Å²) in [6.45, 7) is 9.17. The van der Waals surface area contributed by atoms with Crippen molar-refractivity contribution in [2.24, 2.45) is 0 Å². The Bertz CT molecular complexity index is 689. The molecule has 2 aromatic rings. The van der Waals surface area contributed by atoms with E-state index in [0.29, 0.717) is 18.9 Å². The maximum atomic E-state index is 12.4. The fourth-order valence-corrected chi connectivity index (χ4v) is 2.98. The second kappa shape index (κ2) is 10.8. The van der Waals surface area contributed by atoms with Gasteiger partial charge in [0.25, 0.3) is 5.91 Å². The molecular formula is C24H33NO2. The van der Waals surface area contributed by atoms with Crippen LogP contribution in [0.5, 0.6) is 5.75 Å². The van der Waals surface area contributed by atoms with Crippen molar-refractivity contribution < 1.29 is 9.53 Å². The summed E-state index contributed by atoms with van der Waals surface area (Å²) in [6, 6.07) is 16.7. The summed E-state index contributed by atoms with van der Waals surface area (Å²) in [7, 11) is 0. The van der Waals surface area contributed by atoms with Gasteiger partial charge in [0.05, 0.1) is 0 Å². The third kappa shape index (κ3) is 6.74. The van der Waals surface area contributed by atoms with Crippen molar-refractivity contribution in [1.82, 2.24) is 5.32 Å². The zero-order chi connectivity index (χ0) is 19.6. The summed E-state index contributed by atoms with van der Waals surface area (Å²) >= 11 is 0. The molecule has 2 aromatic carbocycles. The number of benzene rings is 2. The highest BCUT2D eigenvalue weighted by Crippen LogP contribution is 2.16. The van der Waals surface area contributed by atoms with Crippen LogP contribution in [0.4, 0.5) is 0 Å². The molecule has 0 saturated heterocycles. The lowest BCUT2D eigenvalue weighted by Crippen LogP contribution is -2.38. The van der Waals surface area contributed by atoms with Gasteiger partial charge in [-0.15, -0.1) is 0 Å². The van der Waals surface area contributed by atoms with Gasteiger partial charge in [-0.1, -0.05) is 64.1 Å². The highest BCUT2D eigenvalue weighted by atomic mass is 16.5. The molecule has 0 radical (unpaired) electrons. The topological polar surface area (TPSA) is 38.3 Å². The molecule has 3 nitrogen and oxygen atoms in total. The van der Waals surface area contributed by atoms with Gasteiger partial charge in [-0.2, -0.15) is 0 Å². The number of nitrogens with one attached hydrogen (secondary N) is 1. The van der Waals surface area contributed by atoms with E-state index in [2.05, 4.69) is 50.4 Å². The second-order valence-corrected chi connectivity index (χ2v) is 7.30. The van der Waals surface area contributed by atoms with Crippen molar-refractivity contribution >= 4 is 5.91 Å². The van der Waals surface area contributed by atoms with E-state index in [-0.39, 0.29) is 5.91 Å². The maximum absolute atomic E-state index is 12.4. The number of rotatable bonds is 10. The lowest BCUT2D eigenvalue weighted by molar-refractivity contribution is -0.128. The smallest absolute Gasteiger partial charge is 0.261 e. The minimum Gasteiger partial charge on any atom is -0.481 e. The molecule has 146 valence electrons. The SMILES string of the molecule is CCc1ccc(O[C@@H](CC)C(=O)NCCCc2ccc(C(C)C)cc2)cc1. The zero-order valence-corrected chi connectivity index (χ0v) is 17.1. The van der Waals surface area contributed by atoms with Gasteiger partial charge in [0.1, 0.15) is 5.75 Å². The monoisotopic (exact) mass is 367 g/mol. The molecule has 0 heterocycles. The van der Waals surface area contributed by atoms with Crippen LogP contribution in [-0.2, 0) is 17.6 Å². The molecular weight excluding hydrogens is 334 g/mol. The van der Waals surface area contributed by atoms with Crippen LogP contribution in [0.3, 0.4) is 0 Å². The largest absolute Gasteiger partial charge is 0.481 e. The van der Waals surface area contributed by atoms with Crippen molar-refractivity contribution in [3.8, 4) is 5.75 Å². The first-order valence-electron chi connectivity index (χ1n) is 10.2. The van der Waals surface area contributed by atoms with Gasteiger partial charge in [0.15, 0.2) is 6.10 Å². The average molecular weight is 368 g/mol. The Morgan fingerprint density at radius 2 is 1.59 bits per heavy atom. The molecule has 0 aromatic heterocycles. The normalized spacial score (nSPS) is 12.0. The van der Waals surface area contributed by atoms with Crippen molar-refractivity contribution in [3.05, 3.63) is 65.2 Å². The summed E-state index contributed by atoms with van der Waals surface area (Å²) in [4.78, 5) is 12.4. The highest BCUT2D eigenvalue weighted by Gasteiger charge is 2.17. The standard InChI is InChI=1S/C24H33NO2/c1-5-19-11-15-22(16-12-19)27-23(6-2)24(26)25-17-7-8-20-9-13-21(14-10-20)18(3)4/h9-16,18,23H,5-8,17H2,1-4H3,(H,25,26)/t23-/m0/s1. The summed E-state index contributed by atoms with van der Waals surface area (Å²) < 4.78 is 5.86. The molecule has 0 fully saturated rings. The average Bonchev–Trinajstić information content (AvgIpc) is 2.70. The first-order valence-corrected chi connectivity index (χ1v) is 10.2. The lowest BCUT2D eigenvalue weighted by Gasteiger charge is -2.17. The summed E-state index contributed by atoms with van der Waals surface area (Å²) in [5, 5.41) is 3.01. The van der Waals surface area contributed by atoms with Crippen LogP contribution in [0.25, 0.3) is 0 Å². The van der Waals surface area contributed by atoms with Crippen LogP contribution in [-0.4, -0.2) is 18.6 Å². The third-order valence-corrected chi connectivity index (χ3v) is 4.86. The number of ether oxygens (including phenoxy) is 1. The van der Waals surface area contributed by atoms with Gasteiger partial charge in [-0.3, -0.25) is 4.79 Å². The van der Waals surface area contributed by atoms with Gasteiger partial charge in [0, 0.05) is 6.54 Å². The Kier molecular flexibility index (Phi) is 8.38. The Morgan fingerprint density at radius 1 is 0.963 bits per heavy atom. The molecule has 1 N–H and O–H groups in total. The zero-order valence-electron chi connectivity index (χ0n) is 17.1. The van der Waals surface area contributed by atoms with Gasteiger partial charge < -0.3 is 10.1 Å². The van der Waals surface area contributed by atoms with Gasteiger partial charge in [0.2, 0.25) is 0 Å². The summed E-state index contributed by atoms with van der Waals surface area (Å²) in [5.41, 5.74) is 3.94. The molecule has 27 heavy (non-hydrogen) atoms. The summed E-state index contributed by atoms with van der Waals surface area (Å²) in [5.74, 6) is 1.27. The first-order chi connectivity index (χ1) is 13.0. The van der Waals surface area contributed by atoms with E-state index in [1.165, 1.54) is 16.7 Å². The van der Waals surface area contributed by atoms with Crippen molar-refractivity contribution in [2.45, 2.75) is 65.4 Å². The maximum Gasteiger partial charge on any atom is 0.261 e. The molecule has 0 aliphatic heterocycles. The van der Waals surface area contributed by atoms with Crippen LogP contribution < -0.4 is 10.1 Å². The number of hydrogen-bond acceptors (Lipinski definition) is 2. The first kappa shape index (κ1) is 21.0. The molecule has 0 aliphatic carbocycles. The van der Waals surface area contributed by atoms with E-state index in [1.54, 1.807) is 0 Å². The third-order valence-electron chi connectivity index (χ3n) is 4.86. The second-order valence-electron chi connectivity index (χ2n) is 7.30. The van der Waals surface area contributed by atoms with Crippen molar-refractivity contribution in [3.63, 3.8) is 0 Å². The fraction of sp³-hybridized carbons (Fsp3) is 0.458. The Hall–Kier alpha value is -2.29. The van der Waals surface area contributed by atoms with Crippen LogP contribution in [0.2, 0.25) is 0 Å². The molecule has 0 unspecified atom stereocenters. The molecule has 0 saturated carbocycles. The van der Waals surface area contributed by atoms with Crippen LogP contribution in [0.15, 0.2) is 48.5 Å². The van der Waals surface area contributed by atoms with Gasteiger partial charge in [-0.05, 0) is 60.4 Å². The molecule has 2 rings (SSSR count). The Labute approximate surface area is 164 Å². The lowest BCUT2D eigenvalue weighted by atomic mass is 10.0. The van der Waals surface area contributed by atoms with Crippen LogP contribution in [0.1, 0.15) is 63.1 Å². The van der Waals surface area contributed by atoms with Crippen LogP contribution >= 0.6 is 0 Å². The Morgan fingerprint density at radius 3 is 2.15 bits per heavy atom. The number of carbonyl (C=O) groups is 1. The van der Waals surface area contributed by atoms with E-state index in [9.17, 15) is 4.79 Å². The molecule has 0 bridgehead atoms. The molecule has 1 amide bonds. The number of amides is 1. The number of hydrogen-bond donors (Lipinski definition) is 1.